The molecule has 0 saturated carbocycles. The second kappa shape index (κ2) is 12.3. The zero-order chi connectivity index (χ0) is 25.8. The Kier molecular flexibility index (Phi) is 8.93. The van der Waals surface area contributed by atoms with E-state index in [9.17, 15) is 14.0 Å². The number of ether oxygens (including phenoxy) is 1. The van der Waals surface area contributed by atoms with Crippen LogP contribution in [0.1, 0.15) is 16.7 Å². The molecule has 10 heteroatoms. The lowest BCUT2D eigenvalue weighted by Crippen LogP contribution is -2.45. The van der Waals surface area contributed by atoms with Gasteiger partial charge < -0.3 is 14.5 Å². The molecule has 0 atom stereocenters. The quantitative estimate of drug-likeness (QED) is 0.456. The fourth-order valence-electron chi connectivity index (χ4n) is 4.67. The number of anilines is 1. The Morgan fingerprint density at radius 1 is 1.16 bits per heavy atom. The van der Waals surface area contributed by atoms with Gasteiger partial charge in [0.25, 0.3) is 0 Å². The van der Waals surface area contributed by atoms with E-state index in [1.54, 1.807) is 47.3 Å². The molecule has 3 aromatic rings. The predicted octanol–water partition coefficient (Wildman–Crippen LogP) is 4.15. The highest BCUT2D eigenvalue weighted by Gasteiger charge is 2.24. The Morgan fingerprint density at radius 3 is 2.71 bits per heavy atom. The van der Waals surface area contributed by atoms with E-state index in [-0.39, 0.29) is 30.2 Å². The van der Waals surface area contributed by atoms with Gasteiger partial charge in [0.1, 0.15) is 11.6 Å². The van der Waals surface area contributed by atoms with Crippen LogP contribution in [0.2, 0.25) is 0 Å². The monoisotopic (exact) mass is 539 g/mol. The van der Waals surface area contributed by atoms with Crippen molar-refractivity contribution in [2.75, 3.05) is 51.8 Å². The molecule has 0 unspecified atom stereocenters. The van der Waals surface area contributed by atoms with E-state index in [1.807, 2.05) is 18.2 Å². The first-order chi connectivity index (χ1) is 18.0. The highest BCUT2D eigenvalue weighted by Crippen LogP contribution is 2.24. The van der Waals surface area contributed by atoms with Crippen molar-refractivity contribution in [3.63, 3.8) is 0 Å². The van der Waals surface area contributed by atoms with Crippen molar-refractivity contribution in [1.82, 2.24) is 19.7 Å². The van der Waals surface area contributed by atoms with Crippen LogP contribution in [0.5, 0.6) is 0 Å². The number of rotatable bonds is 7. The van der Waals surface area contributed by atoms with E-state index in [4.69, 9.17) is 4.74 Å². The number of nitrogens with zero attached hydrogens (tertiary/aromatic N) is 4. The second-order valence-electron chi connectivity index (χ2n) is 9.36. The van der Waals surface area contributed by atoms with E-state index in [2.05, 4.69) is 15.2 Å². The molecule has 1 saturated heterocycles. The van der Waals surface area contributed by atoms with Crippen LogP contribution in [0.4, 0.5) is 15.0 Å². The molecule has 3 amide bonds. The zero-order valence-corrected chi connectivity index (χ0v) is 22.0. The molecular formula is C28H31ClFN5O3. The summed E-state index contributed by atoms with van der Waals surface area (Å²) in [5.74, 6) is 0.104. The van der Waals surface area contributed by atoms with Gasteiger partial charge in [-0.05, 0) is 34.7 Å². The third kappa shape index (κ3) is 6.30. The number of nitrogens with one attached hydrogen (secondary N) is 1. The predicted molar refractivity (Wildman–Crippen MR) is 148 cm³/mol. The van der Waals surface area contributed by atoms with Crippen LogP contribution in [0.3, 0.4) is 0 Å². The minimum Gasteiger partial charge on any atom is -0.379 e. The summed E-state index contributed by atoms with van der Waals surface area (Å²) < 4.78 is 19.5. The molecule has 1 N–H and O–H groups in total. The van der Waals surface area contributed by atoms with Crippen LogP contribution in [0.15, 0.2) is 54.7 Å². The minimum absolute atomic E-state index is 0. The Bertz CT molecular complexity index is 1350. The van der Waals surface area contributed by atoms with Gasteiger partial charge in [-0.15, -0.1) is 12.4 Å². The minimum atomic E-state index is -0.274. The van der Waals surface area contributed by atoms with Crippen molar-refractivity contribution >= 4 is 47.0 Å². The largest absolute Gasteiger partial charge is 0.379 e. The number of fused-ring (bicyclic) bond motifs is 2. The van der Waals surface area contributed by atoms with Crippen LogP contribution >= 0.6 is 12.4 Å². The molecule has 0 aliphatic carbocycles. The SMILES string of the molecule is CN(Cc1ccc(F)c2ccccc12)C(=O)C=Cc1cnc2c(c1)CN(CCN1CCOCC1)C(=O)N2.Cl. The molecule has 0 spiro atoms. The van der Waals surface area contributed by atoms with Gasteiger partial charge in [-0.2, -0.15) is 0 Å². The number of hydrogen-bond acceptors (Lipinski definition) is 5. The van der Waals surface area contributed by atoms with Crippen molar-refractivity contribution in [3.8, 4) is 0 Å². The Hall–Kier alpha value is -3.53. The normalized spacial score (nSPS) is 15.7. The maximum atomic E-state index is 14.1. The van der Waals surface area contributed by atoms with E-state index in [1.165, 1.54) is 12.1 Å². The summed E-state index contributed by atoms with van der Waals surface area (Å²) in [7, 11) is 1.72. The third-order valence-corrected chi connectivity index (χ3v) is 6.81. The van der Waals surface area contributed by atoms with Crippen molar-refractivity contribution in [1.29, 1.82) is 0 Å². The first kappa shape index (κ1) is 27.5. The van der Waals surface area contributed by atoms with Gasteiger partial charge in [-0.3, -0.25) is 15.0 Å². The summed E-state index contributed by atoms with van der Waals surface area (Å²) in [6, 6.07) is 12.2. The molecule has 2 aliphatic rings. The summed E-state index contributed by atoms with van der Waals surface area (Å²) in [6.45, 7) is 5.44. The van der Waals surface area contributed by atoms with Gasteiger partial charge >= 0.3 is 6.03 Å². The lowest BCUT2D eigenvalue weighted by molar-refractivity contribution is -0.125. The van der Waals surface area contributed by atoms with E-state index in [0.717, 1.165) is 54.9 Å². The number of hydrogen-bond donors (Lipinski definition) is 1. The smallest absolute Gasteiger partial charge is 0.323 e. The summed E-state index contributed by atoms with van der Waals surface area (Å²) >= 11 is 0. The van der Waals surface area contributed by atoms with Gasteiger partial charge in [0.2, 0.25) is 5.91 Å². The first-order valence-corrected chi connectivity index (χ1v) is 12.4. The molecule has 1 fully saturated rings. The van der Waals surface area contributed by atoms with Crippen molar-refractivity contribution in [2.24, 2.45) is 0 Å². The number of carbonyl (C=O) groups is 2. The van der Waals surface area contributed by atoms with E-state index >= 15 is 0 Å². The van der Waals surface area contributed by atoms with Crippen molar-refractivity contribution < 1.29 is 18.7 Å². The second-order valence-corrected chi connectivity index (χ2v) is 9.36. The highest BCUT2D eigenvalue weighted by atomic mass is 35.5. The first-order valence-electron chi connectivity index (χ1n) is 12.4. The fourth-order valence-corrected chi connectivity index (χ4v) is 4.67. The maximum Gasteiger partial charge on any atom is 0.323 e. The molecular weight excluding hydrogens is 509 g/mol. The third-order valence-electron chi connectivity index (χ3n) is 6.81. The van der Waals surface area contributed by atoms with Crippen LogP contribution < -0.4 is 5.32 Å². The molecule has 200 valence electrons. The van der Waals surface area contributed by atoms with Gasteiger partial charge in [-0.25, -0.2) is 14.2 Å². The standard InChI is InChI=1S/C28H30FN5O3.ClH/c1-32(18-21-7-8-25(29)24-5-3-2-4-23(21)24)26(35)9-6-20-16-22-19-34(28(36)31-27(22)30-17-20)11-10-33-12-14-37-15-13-33;/h2-9,16-17H,10-15,18-19H2,1H3,(H,30,31,36);1H. The molecule has 38 heavy (non-hydrogen) atoms. The Balaban J connectivity index is 0.00000336. The highest BCUT2D eigenvalue weighted by molar-refractivity contribution is 5.93. The Labute approximate surface area is 227 Å². The number of likely N-dealkylation sites (N-methyl/N-ethyl adjacent to an activating group) is 1. The summed E-state index contributed by atoms with van der Waals surface area (Å²) in [4.78, 5) is 35.4. The molecule has 5 rings (SSSR count). The van der Waals surface area contributed by atoms with Crippen LogP contribution in [-0.4, -0.2) is 78.1 Å². The molecule has 8 nitrogen and oxygen atoms in total. The van der Waals surface area contributed by atoms with E-state index < -0.39 is 0 Å². The topological polar surface area (TPSA) is 78.0 Å². The molecule has 1 aromatic heterocycles. The fraction of sp³-hybridized carbons (Fsp3) is 0.321. The number of carbonyl (C=O) groups excluding carboxylic acids is 2. The average molecular weight is 540 g/mol. The number of morpholine rings is 1. The van der Waals surface area contributed by atoms with E-state index in [0.29, 0.717) is 30.8 Å². The number of aromatic nitrogens is 1. The van der Waals surface area contributed by atoms with Crippen LogP contribution in [0.25, 0.3) is 16.8 Å². The number of amides is 3. The number of urea groups is 1. The van der Waals surface area contributed by atoms with Crippen LogP contribution in [-0.2, 0) is 22.6 Å². The Morgan fingerprint density at radius 2 is 1.92 bits per heavy atom. The summed E-state index contributed by atoms with van der Waals surface area (Å²) in [5.41, 5.74) is 2.56. The van der Waals surface area contributed by atoms with Gasteiger partial charge in [0, 0.05) is 63.0 Å². The van der Waals surface area contributed by atoms with Gasteiger partial charge in [0.05, 0.1) is 19.8 Å². The maximum absolute atomic E-state index is 14.1. The zero-order valence-electron chi connectivity index (χ0n) is 21.2. The number of pyridine rings is 1. The van der Waals surface area contributed by atoms with Crippen LogP contribution in [0, 0.1) is 5.82 Å². The van der Waals surface area contributed by atoms with Gasteiger partial charge in [-0.1, -0.05) is 30.3 Å². The number of halogens is 2. The molecule has 3 heterocycles. The summed E-state index contributed by atoms with van der Waals surface area (Å²) in [5, 5.41) is 4.20. The lowest BCUT2D eigenvalue weighted by Gasteiger charge is -2.32. The summed E-state index contributed by atoms with van der Waals surface area (Å²) in [6.07, 6.45) is 4.87. The molecule has 2 aliphatic heterocycles. The molecule has 0 radical (unpaired) electrons. The van der Waals surface area contributed by atoms with Crippen molar-refractivity contribution in [3.05, 3.63) is 77.2 Å². The van der Waals surface area contributed by atoms with Gasteiger partial charge in [0.15, 0.2) is 0 Å². The van der Waals surface area contributed by atoms with Crippen molar-refractivity contribution in [2.45, 2.75) is 13.1 Å². The lowest BCUT2D eigenvalue weighted by atomic mass is 10.0. The average Bonchev–Trinajstić information content (AvgIpc) is 2.92. The molecule has 0 bridgehead atoms. The number of benzene rings is 2. The molecule has 2 aromatic carbocycles.